The van der Waals surface area contributed by atoms with E-state index in [-0.39, 0.29) is 6.03 Å². The molecule has 3 aromatic rings. The molecule has 23 heavy (non-hydrogen) atoms. The van der Waals surface area contributed by atoms with Gasteiger partial charge in [0.15, 0.2) is 0 Å². The number of benzene rings is 2. The average molecular weight is 306 g/mol. The van der Waals surface area contributed by atoms with Crippen LogP contribution in [0.25, 0.3) is 0 Å². The van der Waals surface area contributed by atoms with Gasteiger partial charge >= 0.3 is 6.03 Å². The largest absolute Gasteiger partial charge is 0.334 e. The molecule has 0 bridgehead atoms. The molecule has 5 heteroatoms. The van der Waals surface area contributed by atoms with Gasteiger partial charge in [0.05, 0.1) is 6.33 Å². The zero-order chi connectivity index (χ0) is 15.9. The van der Waals surface area contributed by atoms with Crippen LogP contribution in [-0.4, -0.2) is 15.6 Å². The predicted octanol–water partition coefficient (Wildman–Crippen LogP) is 3.25. The van der Waals surface area contributed by atoms with Crippen LogP contribution in [0.5, 0.6) is 0 Å². The molecule has 0 saturated carbocycles. The third-order valence-corrected chi connectivity index (χ3v) is 3.50. The Morgan fingerprint density at radius 3 is 2.48 bits per heavy atom. The molecule has 0 fully saturated rings. The van der Waals surface area contributed by atoms with Crippen molar-refractivity contribution in [1.29, 1.82) is 0 Å². The number of urea groups is 1. The van der Waals surface area contributed by atoms with Crippen molar-refractivity contribution in [3.05, 3.63) is 84.4 Å². The fraction of sp³-hybridized carbons (Fsp3) is 0.111. The first-order chi connectivity index (χ1) is 11.3. The lowest BCUT2D eigenvalue weighted by Crippen LogP contribution is -2.28. The molecule has 0 saturated heterocycles. The molecule has 5 nitrogen and oxygen atoms in total. The van der Waals surface area contributed by atoms with Crippen molar-refractivity contribution in [2.24, 2.45) is 0 Å². The molecule has 0 aliphatic carbocycles. The quantitative estimate of drug-likeness (QED) is 0.760. The van der Waals surface area contributed by atoms with Crippen LogP contribution in [0, 0.1) is 0 Å². The Balaban J connectivity index is 1.60. The van der Waals surface area contributed by atoms with Gasteiger partial charge in [0.1, 0.15) is 0 Å². The lowest BCUT2D eigenvalue weighted by Gasteiger charge is -2.12. The normalized spacial score (nSPS) is 10.3. The first-order valence-electron chi connectivity index (χ1n) is 7.44. The molecule has 0 atom stereocenters. The second kappa shape index (κ2) is 7.26. The standard InChI is InChI=1S/C18H18N4O/c23-18(21-17-8-2-1-3-9-17)20-12-15-6-4-5-7-16(15)13-22-11-10-19-14-22/h1-11,14H,12-13H2,(H2,20,21,23). The van der Waals surface area contributed by atoms with Gasteiger partial charge in [-0.1, -0.05) is 42.5 Å². The van der Waals surface area contributed by atoms with Crippen LogP contribution in [0.3, 0.4) is 0 Å². The third kappa shape index (κ3) is 4.20. The predicted molar refractivity (Wildman–Crippen MR) is 90.1 cm³/mol. The number of carbonyl (C=O) groups excluding carboxylic acids is 1. The minimum atomic E-state index is -0.214. The number of amides is 2. The van der Waals surface area contributed by atoms with Crippen molar-refractivity contribution < 1.29 is 4.79 Å². The van der Waals surface area contributed by atoms with E-state index in [1.807, 2.05) is 59.3 Å². The molecule has 3 rings (SSSR count). The molecule has 1 aromatic heterocycles. The molecule has 0 radical (unpaired) electrons. The molecular formula is C18H18N4O. The summed E-state index contributed by atoms with van der Waals surface area (Å²) in [5.41, 5.74) is 3.02. The monoisotopic (exact) mass is 306 g/mol. The fourth-order valence-corrected chi connectivity index (χ4v) is 2.33. The molecule has 0 unspecified atom stereocenters. The Hall–Kier alpha value is -3.08. The average Bonchev–Trinajstić information content (AvgIpc) is 3.08. The van der Waals surface area contributed by atoms with E-state index in [1.54, 1.807) is 12.5 Å². The van der Waals surface area contributed by atoms with Gasteiger partial charge in [0, 0.05) is 31.2 Å². The number of imidazole rings is 1. The van der Waals surface area contributed by atoms with Crippen molar-refractivity contribution in [2.75, 3.05) is 5.32 Å². The maximum atomic E-state index is 12.0. The summed E-state index contributed by atoms with van der Waals surface area (Å²) < 4.78 is 2.00. The van der Waals surface area contributed by atoms with Crippen molar-refractivity contribution in [3.63, 3.8) is 0 Å². The number of rotatable bonds is 5. The zero-order valence-electron chi connectivity index (χ0n) is 12.6. The van der Waals surface area contributed by atoms with Gasteiger partial charge < -0.3 is 15.2 Å². The van der Waals surface area contributed by atoms with Crippen molar-refractivity contribution in [2.45, 2.75) is 13.1 Å². The number of nitrogens with one attached hydrogen (secondary N) is 2. The van der Waals surface area contributed by atoms with Gasteiger partial charge in [-0.05, 0) is 23.3 Å². The first-order valence-corrected chi connectivity index (χ1v) is 7.44. The van der Waals surface area contributed by atoms with E-state index in [4.69, 9.17) is 0 Å². The Kier molecular flexibility index (Phi) is 4.69. The topological polar surface area (TPSA) is 59.0 Å². The highest BCUT2D eigenvalue weighted by Gasteiger charge is 2.05. The summed E-state index contributed by atoms with van der Waals surface area (Å²) in [6, 6.07) is 17.2. The molecule has 2 N–H and O–H groups in total. The van der Waals surface area contributed by atoms with Gasteiger partial charge in [0.25, 0.3) is 0 Å². The molecule has 0 aliphatic heterocycles. The lowest BCUT2D eigenvalue weighted by atomic mass is 10.1. The van der Waals surface area contributed by atoms with E-state index in [9.17, 15) is 4.79 Å². The Morgan fingerprint density at radius 2 is 1.74 bits per heavy atom. The molecular weight excluding hydrogens is 288 g/mol. The van der Waals surface area contributed by atoms with Crippen LogP contribution < -0.4 is 10.6 Å². The Bertz CT molecular complexity index is 754. The molecule has 2 aromatic carbocycles. The van der Waals surface area contributed by atoms with Gasteiger partial charge in [-0.15, -0.1) is 0 Å². The van der Waals surface area contributed by atoms with Gasteiger partial charge in [-0.2, -0.15) is 0 Å². The molecule has 0 aliphatic rings. The van der Waals surface area contributed by atoms with E-state index in [0.29, 0.717) is 6.54 Å². The van der Waals surface area contributed by atoms with E-state index in [2.05, 4.69) is 21.7 Å². The zero-order valence-corrected chi connectivity index (χ0v) is 12.6. The van der Waals surface area contributed by atoms with Crippen LogP contribution in [0.1, 0.15) is 11.1 Å². The maximum absolute atomic E-state index is 12.0. The minimum absolute atomic E-state index is 0.214. The number of para-hydroxylation sites is 1. The number of hydrogen-bond donors (Lipinski definition) is 2. The van der Waals surface area contributed by atoms with Crippen molar-refractivity contribution >= 4 is 11.7 Å². The van der Waals surface area contributed by atoms with Gasteiger partial charge in [-0.25, -0.2) is 9.78 Å². The summed E-state index contributed by atoms with van der Waals surface area (Å²) in [6.45, 7) is 1.21. The van der Waals surface area contributed by atoms with Crippen LogP contribution in [0.2, 0.25) is 0 Å². The summed E-state index contributed by atoms with van der Waals surface area (Å²) in [7, 11) is 0. The number of nitrogens with zero attached hydrogens (tertiary/aromatic N) is 2. The van der Waals surface area contributed by atoms with E-state index >= 15 is 0 Å². The van der Waals surface area contributed by atoms with Crippen molar-refractivity contribution in [1.82, 2.24) is 14.9 Å². The summed E-state index contributed by atoms with van der Waals surface area (Å²) >= 11 is 0. The van der Waals surface area contributed by atoms with Crippen molar-refractivity contribution in [3.8, 4) is 0 Å². The number of carbonyl (C=O) groups is 1. The highest BCUT2D eigenvalue weighted by molar-refractivity contribution is 5.89. The van der Waals surface area contributed by atoms with E-state index in [0.717, 1.165) is 23.4 Å². The smallest absolute Gasteiger partial charge is 0.319 e. The lowest BCUT2D eigenvalue weighted by molar-refractivity contribution is 0.251. The molecule has 0 spiro atoms. The summed E-state index contributed by atoms with van der Waals surface area (Å²) in [5.74, 6) is 0. The minimum Gasteiger partial charge on any atom is -0.334 e. The van der Waals surface area contributed by atoms with E-state index < -0.39 is 0 Å². The van der Waals surface area contributed by atoms with Crippen LogP contribution >= 0.6 is 0 Å². The summed E-state index contributed by atoms with van der Waals surface area (Å²) in [4.78, 5) is 16.0. The summed E-state index contributed by atoms with van der Waals surface area (Å²) in [6.07, 6.45) is 5.47. The van der Waals surface area contributed by atoms with Gasteiger partial charge in [0.2, 0.25) is 0 Å². The van der Waals surface area contributed by atoms with Crippen LogP contribution in [0.15, 0.2) is 73.3 Å². The number of anilines is 1. The Labute approximate surface area is 135 Å². The second-order valence-corrected chi connectivity index (χ2v) is 5.18. The number of hydrogen-bond acceptors (Lipinski definition) is 2. The Morgan fingerprint density at radius 1 is 1.00 bits per heavy atom. The SMILES string of the molecule is O=C(NCc1ccccc1Cn1ccnc1)Nc1ccccc1. The number of aromatic nitrogens is 2. The van der Waals surface area contributed by atoms with Crippen LogP contribution in [-0.2, 0) is 13.1 Å². The molecule has 116 valence electrons. The third-order valence-electron chi connectivity index (χ3n) is 3.50. The second-order valence-electron chi connectivity index (χ2n) is 5.18. The highest BCUT2D eigenvalue weighted by atomic mass is 16.2. The van der Waals surface area contributed by atoms with Gasteiger partial charge in [-0.3, -0.25) is 0 Å². The molecule has 2 amide bonds. The highest BCUT2D eigenvalue weighted by Crippen LogP contribution is 2.11. The first kappa shape index (κ1) is 14.8. The van der Waals surface area contributed by atoms with Crippen LogP contribution in [0.4, 0.5) is 10.5 Å². The fourth-order valence-electron chi connectivity index (χ4n) is 2.33. The summed E-state index contributed by atoms with van der Waals surface area (Å²) in [5, 5.41) is 5.70. The maximum Gasteiger partial charge on any atom is 0.319 e. The molecule has 1 heterocycles. The van der Waals surface area contributed by atoms with E-state index in [1.165, 1.54) is 0 Å².